The predicted molar refractivity (Wildman–Crippen MR) is 129 cm³/mol. The molecule has 34 heavy (non-hydrogen) atoms. The summed E-state index contributed by atoms with van der Waals surface area (Å²) in [5.74, 6) is -0.985. The number of para-hydroxylation sites is 1. The summed E-state index contributed by atoms with van der Waals surface area (Å²) in [5.41, 5.74) is 1.97. The van der Waals surface area contributed by atoms with E-state index < -0.39 is 11.9 Å². The summed E-state index contributed by atoms with van der Waals surface area (Å²) >= 11 is 0. The number of amides is 3. The number of carbonyl (C=O) groups excluding carboxylic acids is 3. The van der Waals surface area contributed by atoms with Crippen molar-refractivity contribution in [3.8, 4) is 0 Å². The number of carbonyl (C=O) groups is 3. The lowest BCUT2D eigenvalue weighted by Gasteiger charge is -2.35. The van der Waals surface area contributed by atoms with Crippen LogP contribution in [0.1, 0.15) is 18.4 Å². The number of nitrogens with zero attached hydrogens (tertiary/aromatic N) is 3. The fourth-order valence-corrected chi connectivity index (χ4v) is 4.42. The van der Waals surface area contributed by atoms with E-state index in [0.717, 1.165) is 26.1 Å². The molecule has 2 heterocycles. The molecule has 0 unspecified atom stereocenters. The second-order valence-electron chi connectivity index (χ2n) is 8.83. The minimum atomic E-state index is -0.411. The number of ether oxygens (including phenoxy) is 1. The maximum absolute atomic E-state index is 12.6. The van der Waals surface area contributed by atoms with Crippen molar-refractivity contribution in [3.63, 3.8) is 0 Å². The Bertz CT molecular complexity index is 961. The quantitative estimate of drug-likeness (QED) is 0.665. The molecule has 0 bridgehead atoms. The van der Waals surface area contributed by atoms with Gasteiger partial charge in [0.05, 0.1) is 5.92 Å². The highest BCUT2D eigenvalue weighted by Gasteiger charge is 2.30. The zero-order valence-electron chi connectivity index (χ0n) is 19.4. The molecule has 3 amide bonds. The van der Waals surface area contributed by atoms with E-state index in [9.17, 15) is 14.4 Å². The normalized spacial score (nSPS) is 18.9. The zero-order chi connectivity index (χ0) is 23.8. The van der Waals surface area contributed by atoms with Crippen LogP contribution in [0, 0.1) is 5.92 Å². The standard InChI is InChI=1S/C26H32N4O4/c31-24(29-16-14-28(15-17-29)18-21-8-3-1-4-9-21)20-34-25(32)22-10-7-13-30(19-22)26(33)27-23-11-5-2-6-12-23/h1-6,8-9,11-12,22H,7,10,13-20H2,(H,27,33)/t22-/m1/s1. The van der Waals surface area contributed by atoms with Gasteiger partial charge in [-0.1, -0.05) is 48.5 Å². The average Bonchev–Trinajstić information content (AvgIpc) is 2.89. The van der Waals surface area contributed by atoms with Crippen LogP contribution >= 0.6 is 0 Å². The highest BCUT2D eigenvalue weighted by molar-refractivity contribution is 5.90. The van der Waals surface area contributed by atoms with E-state index >= 15 is 0 Å². The Morgan fingerprint density at radius 1 is 0.853 bits per heavy atom. The Morgan fingerprint density at radius 3 is 2.24 bits per heavy atom. The molecule has 0 aliphatic carbocycles. The second kappa shape index (κ2) is 11.7. The molecular formula is C26H32N4O4. The van der Waals surface area contributed by atoms with Crippen LogP contribution in [0.5, 0.6) is 0 Å². The van der Waals surface area contributed by atoms with Crippen molar-refractivity contribution in [1.29, 1.82) is 0 Å². The van der Waals surface area contributed by atoms with Gasteiger partial charge in [-0.25, -0.2) is 4.79 Å². The van der Waals surface area contributed by atoms with Crippen molar-refractivity contribution in [3.05, 3.63) is 66.2 Å². The fourth-order valence-electron chi connectivity index (χ4n) is 4.42. The zero-order valence-corrected chi connectivity index (χ0v) is 19.4. The fraction of sp³-hybridized carbons (Fsp3) is 0.423. The SMILES string of the molecule is O=C(OCC(=O)N1CCN(Cc2ccccc2)CC1)[C@@H]1CCCN(C(=O)Nc2ccccc2)C1. The summed E-state index contributed by atoms with van der Waals surface area (Å²) in [6, 6.07) is 19.3. The average molecular weight is 465 g/mol. The number of piperazine rings is 1. The molecule has 2 aliphatic heterocycles. The minimum absolute atomic E-state index is 0.165. The number of urea groups is 1. The molecule has 0 aromatic heterocycles. The molecule has 0 radical (unpaired) electrons. The van der Waals surface area contributed by atoms with Gasteiger partial charge in [0.15, 0.2) is 6.61 Å². The highest BCUT2D eigenvalue weighted by Crippen LogP contribution is 2.19. The molecule has 8 nitrogen and oxygen atoms in total. The van der Waals surface area contributed by atoms with Gasteiger partial charge in [-0.05, 0) is 30.5 Å². The first-order valence-electron chi connectivity index (χ1n) is 11.9. The van der Waals surface area contributed by atoms with Gasteiger partial charge in [0.25, 0.3) is 5.91 Å². The Labute approximate surface area is 200 Å². The van der Waals surface area contributed by atoms with Crippen molar-refractivity contribution in [1.82, 2.24) is 14.7 Å². The van der Waals surface area contributed by atoms with E-state index in [1.54, 1.807) is 9.80 Å². The Kier molecular flexibility index (Phi) is 8.14. The van der Waals surface area contributed by atoms with Gasteiger partial charge in [0, 0.05) is 51.5 Å². The topological polar surface area (TPSA) is 82.2 Å². The van der Waals surface area contributed by atoms with Crippen molar-refractivity contribution >= 4 is 23.6 Å². The van der Waals surface area contributed by atoms with E-state index in [1.165, 1.54) is 5.56 Å². The Morgan fingerprint density at radius 2 is 1.53 bits per heavy atom. The number of esters is 1. The third-order valence-corrected chi connectivity index (χ3v) is 6.38. The lowest BCUT2D eigenvalue weighted by atomic mass is 9.98. The summed E-state index contributed by atoms with van der Waals surface area (Å²) in [6.45, 7) is 4.35. The molecule has 8 heteroatoms. The van der Waals surface area contributed by atoms with Crippen LogP contribution in [0.2, 0.25) is 0 Å². The van der Waals surface area contributed by atoms with E-state index in [4.69, 9.17) is 4.74 Å². The molecular weight excluding hydrogens is 432 g/mol. The first-order valence-corrected chi connectivity index (χ1v) is 11.9. The highest BCUT2D eigenvalue weighted by atomic mass is 16.5. The number of hydrogen-bond donors (Lipinski definition) is 1. The summed E-state index contributed by atoms with van der Waals surface area (Å²) in [6.07, 6.45) is 1.37. The van der Waals surface area contributed by atoms with Crippen LogP contribution in [-0.4, -0.2) is 78.5 Å². The summed E-state index contributed by atoms with van der Waals surface area (Å²) in [4.78, 5) is 43.5. The third kappa shape index (κ3) is 6.57. The number of hydrogen-bond acceptors (Lipinski definition) is 5. The Balaban J connectivity index is 1.18. The van der Waals surface area contributed by atoms with Gasteiger partial charge in [0.1, 0.15) is 0 Å². The molecule has 0 spiro atoms. The van der Waals surface area contributed by atoms with Crippen LogP contribution < -0.4 is 5.32 Å². The van der Waals surface area contributed by atoms with Crippen molar-refractivity contribution < 1.29 is 19.1 Å². The number of piperidine rings is 1. The summed E-state index contributed by atoms with van der Waals surface area (Å²) < 4.78 is 5.36. The van der Waals surface area contributed by atoms with Crippen LogP contribution in [-0.2, 0) is 20.9 Å². The number of nitrogens with one attached hydrogen (secondary N) is 1. The van der Waals surface area contributed by atoms with Gasteiger partial charge in [0.2, 0.25) is 0 Å². The second-order valence-corrected chi connectivity index (χ2v) is 8.83. The largest absolute Gasteiger partial charge is 0.455 e. The molecule has 2 fully saturated rings. The molecule has 2 aromatic carbocycles. The maximum atomic E-state index is 12.6. The van der Waals surface area contributed by atoms with Gasteiger partial charge in [-0.3, -0.25) is 14.5 Å². The molecule has 1 atom stereocenters. The van der Waals surface area contributed by atoms with E-state index in [2.05, 4.69) is 22.3 Å². The molecule has 4 rings (SSSR count). The number of anilines is 1. The maximum Gasteiger partial charge on any atom is 0.321 e. The van der Waals surface area contributed by atoms with Gasteiger partial charge >= 0.3 is 12.0 Å². The first kappa shape index (κ1) is 23.8. The van der Waals surface area contributed by atoms with Gasteiger partial charge < -0.3 is 19.9 Å². The van der Waals surface area contributed by atoms with E-state index in [1.807, 2.05) is 48.5 Å². The smallest absolute Gasteiger partial charge is 0.321 e. The van der Waals surface area contributed by atoms with Crippen LogP contribution in [0.3, 0.4) is 0 Å². The Hall–Kier alpha value is -3.39. The number of rotatable bonds is 6. The van der Waals surface area contributed by atoms with E-state index in [-0.39, 0.29) is 18.5 Å². The van der Waals surface area contributed by atoms with Gasteiger partial charge in [-0.15, -0.1) is 0 Å². The molecule has 1 N–H and O–H groups in total. The van der Waals surface area contributed by atoms with Crippen molar-refractivity contribution in [2.45, 2.75) is 19.4 Å². The molecule has 0 saturated carbocycles. The van der Waals surface area contributed by atoms with E-state index in [0.29, 0.717) is 38.3 Å². The molecule has 2 aliphatic rings. The van der Waals surface area contributed by atoms with Gasteiger partial charge in [-0.2, -0.15) is 0 Å². The number of likely N-dealkylation sites (tertiary alicyclic amines) is 1. The molecule has 2 saturated heterocycles. The first-order chi connectivity index (χ1) is 16.6. The number of benzene rings is 2. The lowest BCUT2D eigenvalue weighted by molar-refractivity contribution is -0.157. The monoisotopic (exact) mass is 464 g/mol. The minimum Gasteiger partial charge on any atom is -0.455 e. The predicted octanol–water partition coefficient (Wildman–Crippen LogP) is 2.82. The lowest BCUT2D eigenvalue weighted by Crippen LogP contribution is -2.49. The van der Waals surface area contributed by atoms with Crippen LogP contribution in [0.15, 0.2) is 60.7 Å². The summed E-state index contributed by atoms with van der Waals surface area (Å²) in [5, 5.41) is 2.85. The third-order valence-electron chi connectivity index (χ3n) is 6.38. The molecule has 2 aromatic rings. The van der Waals surface area contributed by atoms with Crippen molar-refractivity contribution in [2.75, 3.05) is 51.2 Å². The molecule has 180 valence electrons. The summed E-state index contributed by atoms with van der Waals surface area (Å²) in [7, 11) is 0. The van der Waals surface area contributed by atoms with Crippen LogP contribution in [0.25, 0.3) is 0 Å². The van der Waals surface area contributed by atoms with Crippen LogP contribution in [0.4, 0.5) is 10.5 Å². The van der Waals surface area contributed by atoms with Crippen molar-refractivity contribution in [2.24, 2.45) is 5.92 Å².